The van der Waals surface area contributed by atoms with Gasteiger partial charge in [0.05, 0.1) is 17.6 Å². The van der Waals surface area contributed by atoms with Gasteiger partial charge in [-0.15, -0.1) is 0 Å². The van der Waals surface area contributed by atoms with E-state index in [-0.39, 0.29) is 0 Å². The summed E-state index contributed by atoms with van der Waals surface area (Å²) in [5.41, 5.74) is 7.16. The van der Waals surface area contributed by atoms with Gasteiger partial charge in [-0.05, 0) is 6.72 Å². The number of hydrogen-bond donors (Lipinski definition) is 2. The van der Waals surface area contributed by atoms with Gasteiger partial charge < -0.3 is 16.0 Å². The SMILES string of the molecule is C=N/C=C(/N)C(=C)N1CCNCC1. The second kappa shape index (κ2) is 4.67. The van der Waals surface area contributed by atoms with Crippen molar-refractivity contribution in [3.8, 4) is 0 Å². The van der Waals surface area contributed by atoms with Gasteiger partial charge in [-0.3, -0.25) is 4.99 Å². The number of hydrogen-bond acceptors (Lipinski definition) is 4. The Balaban J connectivity index is 2.55. The molecule has 0 aromatic rings. The van der Waals surface area contributed by atoms with Crippen LogP contribution in [0.2, 0.25) is 0 Å². The molecule has 1 saturated heterocycles. The molecular formula is C9H16N4. The molecule has 0 aromatic carbocycles. The van der Waals surface area contributed by atoms with E-state index >= 15 is 0 Å². The highest BCUT2D eigenvalue weighted by molar-refractivity contribution is 5.30. The summed E-state index contributed by atoms with van der Waals surface area (Å²) in [6.07, 6.45) is 1.53. The molecule has 0 radical (unpaired) electrons. The van der Waals surface area contributed by atoms with Crippen LogP contribution >= 0.6 is 0 Å². The van der Waals surface area contributed by atoms with Gasteiger partial charge in [0.1, 0.15) is 0 Å². The van der Waals surface area contributed by atoms with E-state index in [0.717, 1.165) is 31.9 Å². The van der Waals surface area contributed by atoms with E-state index < -0.39 is 0 Å². The van der Waals surface area contributed by atoms with E-state index in [2.05, 4.69) is 28.5 Å². The summed E-state index contributed by atoms with van der Waals surface area (Å²) in [5.74, 6) is 0. The van der Waals surface area contributed by atoms with E-state index in [1.807, 2.05) is 0 Å². The molecule has 1 aliphatic rings. The van der Waals surface area contributed by atoms with Crippen molar-refractivity contribution in [3.63, 3.8) is 0 Å². The molecule has 0 amide bonds. The Bertz CT molecular complexity index is 226. The predicted octanol–water partition coefficient (Wildman–Crippen LogP) is -0.0940. The van der Waals surface area contributed by atoms with Gasteiger partial charge in [0.2, 0.25) is 0 Å². The van der Waals surface area contributed by atoms with Gasteiger partial charge in [-0.2, -0.15) is 0 Å². The van der Waals surface area contributed by atoms with Crippen LogP contribution in [0.3, 0.4) is 0 Å². The fraction of sp³-hybridized carbons (Fsp3) is 0.444. The van der Waals surface area contributed by atoms with Gasteiger partial charge >= 0.3 is 0 Å². The Hall–Kier alpha value is -1.29. The molecule has 0 aromatic heterocycles. The summed E-state index contributed by atoms with van der Waals surface area (Å²) >= 11 is 0. The molecule has 13 heavy (non-hydrogen) atoms. The third-order valence-corrected chi connectivity index (χ3v) is 2.06. The van der Waals surface area contributed by atoms with E-state index in [9.17, 15) is 0 Å². The van der Waals surface area contributed by atoms with E-state index in [0.29, 0.717) is 5.70 Å². The quantitative estimate of drug-likeness (QED) is 0.471. The lowest BCUT2D eigenvalue weighted by Crippen LogP contribution is -2.43. The molecule has 0 spiro atoms. The zero-order valence-corrected chi connectivity index (χ0v) is 7.79. The second-order valence-electron chi connectivity index (χ2n) is 2.95. The number of nitrogens with zero attached hydrogens (tertiary/aromatic N) is 2. The van der Waals surface area contributed by atoms with E-state index in [1.54, 1.807) is 0 Å². The first kappa shape index (κ1) is 9.80. The average molecular weight is 180 g/mol. The minimum Gasteiger partial charge on any atom is -0.396 e. The maximum atomic E-state index is 5.72. The lowest BCUT2D eigenvalue weighted by molar-refractivity contribution is 0.304. The summed E-state index contributed by atoms with van der Waals surface area (Å²) in [5, 5.41) is 3.26. The van der Waals surface area contributed by atoms with Crippen LogP contribution in [0.5, 0.6) is 0 Å². The predicted molar refractivity (Wildman–Crippen MR) is 55.4 cm³/mol. The Morgan fingerprint density at radius 3 is 2.62 bits per heavy atom. The Morgan fingerprint density at radius 2 is 2.08 bits per heavy atom. The molecule has 0 unspecified atom stereocenters. The molecule has 0 bridgehead atoms. The highest BCUT2D eigenvalue weighted by Gasteiger charge is 2.12. The molecule has 72 valence electrons. The third kappa shape index (κ3) is 2.59. The van der Waals surface area contributed by atoms with Gasteiger partial charge in [-0.1, -0.05) is 6.58 Å². The number of nitrogens with two attached hydrogens (primary N) is 1. The second-order valence-corrected chi connectivity index (χ2v) is 2.95. The first-order chi connectivity index (χ1) is 6.25. The zero-order chi connectivity index (χ0) is 9.68. The van der Waals surface area contributed by atoms with E-state index in [4.69, 9.17) is 5.73 Å². The minimum absolute atomic E-state index is 0.594. The van der Waals surface area contributed by atoms with Gasteiger partial charge in [0.25, 0.3) is 0 Å². The topological polar surface area (TPSA) is 53.6 Å². The maximum Gasteiger partial charge on any atom is 0.0731 e. The van der Waals surface area contributed by atoms with Crippen molar-refractivity contribution < 1.29 is 0 Å². The monoisotopic (exact) mass is 180 g/mol. The molecule has 0 atom stereocenters. The lowest BCUT2D eigenvalue weighted by atomic mass is 10.3. The Kier molecular flexibility index (Phi) is 3.52. The van der Waals surface area contributed by atoms with Gasteiger partial charge in [-0.25, -0.2) is 0 Å². The maximum absolute atomic E-state index is 5.72. The van der Waals surface area contributed by atoms with Crippen LogP contribution < -0.4 is 11.1 Å². The van der Waals surface area contributed by atoms with Crippen LogP contribution in [0, 0.1) is 0 Å². The molecule has 1 fully saturated rings. The standard InChI is InChI=1S/C9H16N4/c1-8(9(10)7-11-2)13-5-3-12-4-6-13/h7,12H,1-6,10H2/b9-7+. The van der Waals surface area contributed by atoms with E-state index in [1.165, 1.54) is 6.20 Å². The fourth-order valence-corrected chi connectivity index (χ4v) is 1.29. The normalized spacial score (nSPS) is 18.5. The summed E-state index contributed by atoms with van der Waals surface area (Å²) in [7, 11) is 0. The summed E-state index contributed by atoms with van der Waals surface area (Å²) < 4.78 is 0. The van der Waals surface area contributed by atoms with Crippen LogP contribution in [0.15, 0.2) is 29.2 Å². The molecule has 0 saturated carbocycles. The molecule has 1 rings (SSSR count). The zero-order valence-electron chi connectivity index (χ0n) is 7.79. The summed E-state index contributed by atoms with van der Waals surface area (Å²) in [4.78, 5) is 5.76. The first-order valence-corrected chi connectivity index (χ1v) is 4.32. The number of nitrogens with one attached hydrogen (secondary N) is 1. The highest BCUT2D eigenvalue weighted by Crippen LogP contribution is 2.09. The molecule has 4 heteroatoms. The van der Waals surface area contributed by atoms with Crippen LogP contribution in [-0.2, 0) is 0 Å². The third-order valence-electron chi connectivity index (χ3n) is 2.06. The van der Waals surface area contributed by atoms with Crippen LogP contribution in [0.1, 0.15) is 0 Å². The number of piperazine rings is 1. The summed E-state index contributed by atoms with van der Waals surface area (Å²) in [6, 6.07) is 0. The fourth-order valence-electron chi connectivity index (χ4n) is 1.29. The number of rotatable bonds is 3. The molecule has 0 aliphatic carbocycles. The van der Waals surface area contributed by atoms with Crippen molar-refractivity contribution in [1.82, 2.24) is 10.2 Å². The van der Waals surface area contributed by atoms with Crippen LogP contribution in [-0.4, -0.2) is 37.8 Å². The summed E-state index contributed by atoms with van der Waals surface area (Å²) in [6.45, 7) is 11.1. The molecule has 3 N–H and O–H groups in total. The van der Waals surface area contributed by atoms with Crippen molar-refractivity contribution in [3.05, 3.63) is 24.2 Å². The Morgan fingerprint density at radius 1 is 1.46 bits per heavy atom. The van der Waals surface area contributed by atoms with Crippen molar-refractivity contribution >= 4 is 6.72 Å². The lowest BCUT2D eigenvalue weighted by Gasteiger charge is -2.30. The van der Waals surface area contributed by atoms with Gasteiger partial charge in [0.15, 0.2) is 0 Å². The Labute approximate surface area is 78.8 Å². The van der Waals surface area contributed by atoms with Gasteiger partial charge in [0, 0.05) is 26.2 Å². The number of aliphatic imine (C=N–C) groups is 1. The minimum atomic E-state index is 0.594. The molecule has 1 heterocycles. The van der Waals surface area contributed by atoms with Crippen LogP contribution in [0.25, 0.3) is 0 Å². The van der Waals surface area contributed by atoms with Crippen molar-refractivity contribution in [1.29, 1.82) is 0 Å². The first-order valence-electron chi connectivity index (χ1n) is 4.32. The molecule has 1 aliphatic heterocycles. The van der Waals surface area contributed by atoms with Crippen LogP contribution in [0.4, 0.5) is 0 Å². The molecular weight excluding hydrogens is 164 g/mol. The van der Waals surface area contributed by atoms with Crippen molar-refractivity contribution in [2.75, 3.05) is 26.2 Å². The smallest absolute Gasteiger partial charge is 0.0731 e. The van der Waals surface area contributed by atoms with Crippen molar-refractivity contribution in [2.45, 2.75) is 0 Å². The molecule has 4 nitrogen and oxygen atoms in total. The highest BCUT2D eigenvalue weighted by atomic mass is 15.2. The average Bonchev–Trinajstić information content (AvgIpc) is 2.18. The largest absolute Gasteiger partial charge is 0.396 e. The van der Waals surface area contributed by atoms with Crippen molar-refractivity contribution in [2.24, 2.45) is 10.7 Å².